The van der Waals surface area contributed by atoms with Crippen LogP contribution in [0, 0.1) is 6.92 Å². The maximum Gasteiger partial charge on any atom is 0.123 e. The Labute approximate surface area is 108 Å². The molecule has 0 bridgehead atoms. The van der Waals surface area contributed by atoms with Crippen molar-refractivity contribution < 1.29 is 4.74 Å². The third-order valence-electron chi connectivity index (χ3n) is 2.99. The lowest BCUT2D eigenvalue weighted by Crippen LogP contribution is -2.17. The molecule has 94 valence electrons. The Morgan fingerprint density at radius 3 is 2.94 bits per heavy atom. The van der Waals surface area contributed by atoms with Gasteiger partial charge < -0.3 is 10.1 Å². The molecule has 0 atom stereocenters. The third kappa shape index (κ3) is 4.57. The van der Waals surface area contributed by atoms with Crippen LogP contribution < -0.4 is 10.1 Å². The number of ether oxygens (including phenoxy) is 1. The third-order valence-corrected chi connectivity index (χ3v) is 3.22. The molecule has 0 saturated heterocycles. The van der Waals surface area contributed by atoms with Crippen LogP contribution in [0.5, 0.6) is 5.75 Å². The fourth-order valence-electron chi connectivity index (χ4n) is 1.73. The van der Waals surface area contributed by atoms with Crippen LogP contribution >= 0.6 is 11.6 Å². The van der Waals surface area contributed by atoms with Gasteiger partial charge in [0.25, 0.3) is 0 Å². The van der Waals surface area contributed by atoms with Crippen LogP contribution in [0.25, 0.3) is 0 Å². The molecule has 1 aromatic carbocycles. The predicted octanol–water partition coefficient (Wildman–Crippen LogP) is 3.56. The lowest BCUT2D eigenvalue weighted by Gasteiger charge is -2.09. The zero-order valence-corrected chi connectivity index (χ0v) is 11.1. The number of hydrogen-bond acceptors (Lipinski definition) is 2. The lowest BCUT2D eigenvalue weighted by molar-refractivity contribution is 0.304. The second-order valence-electron chi connectivity index (χ2n) is 4.69. The Balaban J connectivity index is 1.61. The molecule has 1 N–H and O–H groups in total. The highest BCUT2D eigenvalue weighted by molar-refractivity contribution is 6.30. The van der Waals surface area contributed by atoms with E-state index in [0.29, 0.717) is 0 Å². The first-order chi connectivity index (χ1) is 8.25. The molecule has 1 fully saturated rings. The van der Waals surface area contributed by atoms with Crippen LogP contribution in [-0.2, 0) is 0 Å². The van der Waals surface area contributed by atoms with Crippen molar-refractivity contribution in [2.24, 2.45) is 0 Å². The molecule has 3 heteroatoms. The fourth-order valence-corrected chi connectivity index (χ4v) is 1.89. The second kappa shape index (κ2) is 6.27. The topological polar surface area (TPSA) is 21.3 Å². The minimum Gasteiger partial charge on any atom is -0.493 e. The van der Waals surface area contributed by atoms with E-state index < -0.39 is 0 Å². The van der Waals surface area contributed by atoms with Gasteiger partial charge >= 0.3 is 0 Å². The average Bonchev–Trinajstić information content (AvgIpc) is 3.11. The molecule has 1 aliphatic rings. The molecule has 0 aromatic heterocycles. The number of halogens is 1. The molecule has 0 amide bonds. The molecular formula is C14H20ClNO. The van der Waals surface area contributed by atoms with E-state index in [0.717, 1.165) is 41.9 Å². The molecule has 0 aliphatic heterocycles. The maximum atomic E-state index is 5.93. The second-order valence-corrected chi connectivity index (χ2v) is 5.13. The molecule has 2 rings (SSSR count). The van der Waals surface area contributed by atoms with Gasteiger partial charge in [0, 0.05) is 11.1 Å². The Hall–Kier alpha value is -0.730. The summed E-state index contributed by atoms with van der Waals surface area (Å²) in [7, 11) is 0. The van der Waals surface area contributed by atoms with Crippen LogP contribution in [0.4, 0.5) is 0 Å². The van der Waals surface area contributed by atoms with Gasteiger partial charge in [-0.3, -0.25) is 0 Å². The average molecular weight is 254 g/mol. The van der Waals surface area contributed by atoms with Crippen LogP contribution in [0.3, 0.4) is 0 Å². The first kappa shape index (κ1) is 12.7. The van der Waals surface area contributed by atoms with Gasteiger partial charge in [0.2, 0.25) is 0 Å². The SMILES string of the molecule is Cc1ccc(Cl)cc1OCCCCNC1CC1. The van der Waals surface area contributed by atoms with Crippen LogP contribution in [0.15, 0.2) is 18.2 Å². The van der Waals surface area contributed by atoms with Gasteiger partial charge in [-0.2, -0.15) is 0 Å². The van der Waals surface area contributed by atoms with Gasteiger partial charge in [0.1, 0.15) is 5.75 Å². The molecule has 0 spiro atoms. The molecule has 2 nitrogen and oxygen atoms in total. The van der Waals surface area contributed by atoms with Crippen molar-refractivity contribution in [2.75, 3.05) is 13.2 Å². The van der Waals surface area contributed by atoms with Crippen LogP contribution in [0.1, 0.15) is 31.2 Å². The number of unbranched alkanes of at least 4 members (excludes halogenated alkanes) is 1. The number of aryl methyl sites for hydroxylation is 1. The van der Waals surface area contributed by atoms with E-state index in [1.165, 1.54) is 19.3 Å². The molecule has 0 unspecified atom stereocenters. The Kier molecular flexibility index (Phi) is 4.69. The normalized spacial score (nSPS) is 14.9. The molecule has 17 heavy (non-hydrogen) atoms. The van der Waals surface area contributed by atoms with E-state index in [1.54, 1.807) is 0 Å². The molecule has 1 aromatic rings. The largest absolute Gasteiger partial charge is 0.493 e. The van der Waals surface area contributed by atoms with Gasteiger partial charge in [-0.15, -0.1) is 0 Å². The molecule has 1 saturated carbocycles. The fraction of sp³-hybridized carbons (Fsp3) is 0.571. The standard InChI is InChI=1S/C14H20ClNO/c1-11-4-5-12(15)10-14(11)17-9-3-2-8-16-13-6-7-13/h4-5,10,13,16H,2-3,6-9H2,1H3. The predicted molar refractivity (Wildman–Crippen MR) is 71.9 cm³/mol. The summed E-state index contributed by atoms with van der Waals surface area (Å²) in [5.74, 6) is 0.910. The number of nitrogens with one attached hydrogen (secondary N) is 1. The zero-order chi connectivity index (χ0) is 12.1. The van der Waals surface area contributed by atoms with E-state index in [2.05, 4.69) is 5.32 Å². The van der Waals surface area contributed by atoms with Crippen molar-refractivity contribution in [2.45, 2.75) is 38.6 Å². The number of rotatable bonds is 7. The van der Waals surface area contributed by atoms with Crippen LogP contribution in [-0.4, -0.2) is 19.2 Å². The van der Waals surface area contributed by atoms with E-state index in [1.807, 2.05) is 25.1 Å². The number of hydrogen-bond donors (Lipinski definition) is 1. The first-order valence-corrected chi connectivity index (χ1v) is 6.76. The van der Waals surface area contributed by atoms with Crippen molar-refractivity contribution in [1.29, 1.82) is 0 Å². The van der Waals surface area contributed by atoms with E-state index in [4.69, 9.17) is 16.3 Å². The maximum absolute atomic E-state index is 5.93. The Morgan fingerprint density at radius 1 is 1.35 bits per heavy atom. The van der Waals surface area contributed by atoms with Crippen molar-refractivity contribution in [3.63, 3.8) is 0 Å². The van der Waals surface area contributed by atoms with Gasteiger partial charge in [0.15, 0.2) is 0 Å². The highest BCUT2D eigenvalue weighted by Gasteiger charge is 2.19. The van der Waals surface area contributed by atoms with E-state index in [9.17, 15) is 0 Å². The molecule has 0 radical (unpaired) electrons. The summed E-state index contributed by atoms with van der Waals surface area (Å²) in [6.07, 6.45) is 4.98. The van der Waals surface area contributed by atoms with Gasteiger partial charge in [0.05, 0.1) is 6.61 Å². The molecular weight excluding hydrogens is 234 g/mol. The summed E-state index contributed by atoms with van der Waals surface area (Å²) >= 11 is 5.93. The minimum atomic E-state index is 0.737. The van der Waals surface area contributed by atoms with Gasteiger partial charge in [-0.1, -0.05) is 17.7 Å². The van der Waals surface area contributed by atoms with E-state index >= 15 is 0 Å². The quantitative estimate of drug-likeness (QED) is 0.751. The smallest absolute Gasteiger partial charge is 0.123 e. The lowest BCUT2D eigenvalue weighted by atomic mass is 10.2. The van der Waals surface area contributed by atoms with Crippen molar-refractivity contribution in [1.82, 2.24) is 5.32 Å². The summed E-state index contributed by atoms with van der Waals surface area (Å²) in [6, 6.07) is 6.58. The highest BCUT2D eigenvalue weighted by Crippen LogP contribution is 2.22. The molecule has 0 heterocycles. The van der Waals surface area contributed by atoms with Crippen molar-refractivity contribution >= 4 is 11.6 Å². The minimum absolute atomic E-state index is 0.737. The summed E-state index contributed by atoms with van der Waals surface area (Å²) in [5, 5.41) is 4.24. The monoisotopic (exact) mass is 253 g/mol. The van der Waals surface area contributed by atoms with Crippen molar-refractivity contribution in [3.8, 4) is 5.75 Å². The van der Waals surface area contributed by atoms with E-state index in [-0.39, 0.29) is 0 Å². The van der Waals surface area contributed by atoms with Gasteiger partial charge in [-0.05, 0) is 56.8 Å². The Bertz CT molecular complexity index is 363. The van der Waals surface area contributed by atoms with Crippen molar-refractivity contribution in [3.05, 3.63) is 28.8 Å². The summed E-state index contributed by atoms with van der Waals surface area (Å²) < 4.78 is 5.73. The summed E-state index contributed by atoms with van der Waals surface area (Å²) in [5.41, 5.74) is 1.14. The first-order valence-electron chi connectivity index (χ1n) is 6.38. The van der Waals surface area contributed by atoms with Gasteiger partial charge in [-0.25, -0.2) is 0 Å². The molecule has 1 aliphatic carbocycles. The number of benzene rings is 1. The summed E-state index contributed by atoms with van der Waals surface area (Å²) in [6.45, 7) is 3.93. The zero-order valence-electron chi connectivity index (χ0n) is 10.3. The highest BCUT2D eigenvalue weighted by atomic mass is 35.5. The van der Waals surface area contributed by atoms with Crippen LogP contribution in [0.2, 0.25) is 5.02 Å². The Morgan fingerprint density at radius 2 is 2.18 bits per heavy atom. The summed E-state index contributed by atoms with van der Waals surface area (Å²) in [4.78, 5) is 0.